The van der Waals surface area contributed by atoms with Crippen molar-refractivity contribution in [2.45, 2.75) is 0 Å². The highest BCUT2D eigenvalue weighted by atomic mass is 79.9. The predicted molar refractivity (Wildman–Crippen MR) is 104 cm³/mol. The van der Waals surface area contributed by atoms with Crippen LogP contribution in [0, 0.1) is 0 Å². The van der Waals surface area contributed by atoms with Gasteiger partial charge in [-0.25, -0.2) is 5.43 Å². The monoisotopic (exact) mass is 486 g/mol. The summed E-state index contributed by atoms with van der Waals surface area (Å²) in [6.45, 7) is -0.236. The third kappa shape index (κ3) is 4.89. The number of hydrazone groups is 1. The van der Waals surface area contributed by atoms with E-state index in [0.717, 1.165) is 0 Å². The molecule has 0 aliphatic rings. The minimum Gasteiger partial charge on any atom is -0.506 e. The van der Waals surface area contributed by atoms with Crippen molar-refractivity contribution in [3.05, 3.63) is 44.8 Å². The topological polar surface area (TPSA) is 89.4 Å². The molecule has 0 aliphatic heterocycles. The van der Waals surface area contributed by atoms with E-state index in [2.05, 4.69) is 42.4 Å². The molecule has 0 bridgehead atoms. The van der Waals surface area contributed by atoms with Crippen LogP contribution in [0.3, 0.4) is 0 Å². The maximum Gasteiger partial charge on any atom is 0.277 e. The number of phenols is 1. The van der Waals surface area contributed by atoms with Crippen molar-refractivity contribution in [2.24, 2.45) is 5.10 Å². The standard InChI is InChI=1S/C17H16Br2N2O5/c1-24-12-5-3-4-6-13(12)26-9-14(22)21-20-8-10-7-11(18)17(25-2)15(19)16(10)23/h3-8,23H,9H2,1-2H3,(H,21,22)/b20-8+. The Kier molecular flexibility index (Phi) is 7.28. The number of halogens is 2. The van der Waals surface area contributed by atoms with Gasteiger partial charge in [0.25, 0.3) is 5.91 Å². The molecule has 0 radical (unpaired) electrons. The fourth-order valence-corrected chi connectivity index (χ4v) is 3.46. The average Bonchev–Trinajstić information content (AvgIpc) is 2.64. The lowest BCUT2D eigenvalue weighted by Gasteiger charge is -2.10. The van der Waals surface area contributed by atoms with Gasteiger partial charge in [0.1, 0.15) is 10.2 Å². The van der Waals surface area contributed by atoms with Crippen LogP contribution >= 0.6 is 31.9 Å². The summed E-state index contributed by atoms with van der Waals surface area (Å²) in [4.78, 5) is 11.8. The number of amides is 1. The number of carbonyl (C=O) groups excluding carboxylic acids is 1. The second-order valence-corrected chi connectivity index (χ2v) is 6.52. The van der Waals surface area contributed by atoms with E-state index in [-0.39, 0.29) is 12.4 Å². The van der Waals surface area contributed by atoms with Crippen LogP contribution < -0.4 is 19.6 Å². The minimum atomic E-state index is -0.460. The van der Waals surface area contributed by atoms with Crippen molar-refractivity contribution in [1.29, 1.82) is 0 Å². The SMILES string of the molecule is COc1ccccc1OCC(=O)N/N=C/c1cc(Br)c(OC)c(Br)c1O. The Labute approximate surface area is 167 Å². The molecule has 2 N–H and O–H groups in total. The van der Waals surface area contributed by atoms with E-state index >= 15 is 0 Å². The van der Waals surface area contributed by atoms with Gasteiger partial charge in [-0.15, -0.1) is 0 Å². The average molecular weight is 488 g/mol. The number of methoxy groups -OCH3 is 2. The fourth-order valence-electron chi connectivity index (χ4n) is 1.98. The first-order valence-electron chi connectivity index (χ1n) is 7.30. The molecule has 0 unspecified atom stereocenters. The molecule has 0 heterocycles. The summed E-state index contributed by atoms with van der Waals surface area (Å²) >= 11 is 6.57. The number of nitrogens with zero attached hydrogens (tertiary/aromatic N) is 1. The summed E-state index contributed by atoms with van der Waals surface area (Å²) in [5.74, 6) is 0.914. The van der Waals surface area contributed by atoms with Gasteiger partial charge in [-0.05, 0) is 50.1 Å². The maximum atomic E-state index is 11.8. The van der Waals surface area contributed by atoms with Gasteiger partial charge in [0.15, 0.2) is 23.9 Å². The summed E-state index contributed by atoms with van der Waals surface area (Å²) in [6, 6.07) is 8.61. The molecule has 0 atom stereocenters. The molecule has 2 rings (SSSR count). The first-order valence-corrected chi connectivity index (χ1v) is 8.89. The molecule has 0 saturated carbocycles. The quantitative estimate of drug-likeness (QED) is 0.461. The lowest BCUT2D eigenvalue weighted by Crippen LogP contribution is -2.24. The number of para-hydroxylation sites is 2. The van der Waals surface area contributed by atoms with Gasteiger partial charge in [-0.1, -0.05) is 12.1 Å². The molecular weight excluding hydrogens is 472 g/mol. The van der Waals surface area contributed by atoms with Gasteiger partial charge in [0.05, 0.1) is 24.9 Å². The van der Waals surface area contributed by atoms with Crippen LogP contribution in [0.5, 0.6) is 23.0 Å². The highest BCUT2D eigenvalue weighted by Crippen LogP contribution is 2.41. The number of aromatic hydroxyl groups is 1. The third-order valence-corrected chi connectivity index (χ3v) is 4.53. The Morgan fingerprint density at radius 1 is 1.23 bits per heavy atom. The highest BCUT2D eigenvalue weighted by molar-refractivity contribution is 9.11. The fraction of sp³-hybridized carbons (Fsp3) is 0.176. The molecule has 138 valence electrons. The Morgan fingerprint density at radius 3 is 2.58 bits per heavy atom. The van der Waals surface area contributed by atoms with Crippen molar-refractivity contribution >= 4 is 44.0 Å². The second-order valence-electron chi connectivity index (χ2n) is 4.88. The highest BCUT2D eigenvalue weighted by Gasteiger charge is 2.14. The minimum absolute atomic E-state index is 0.0617. The maximum absolute atomic E-state index is 11.8. The van der Waals surface area contributed by atoms with Crippen LogP contribution in [0.15, 0.2) is 44.4 Å². The number of hydrogen-bond acceptors (Lipinski definition) is 6. The van der Waals surface area contributed by atoms with Crippen LogP contribution in [0.2, 0.25) is 0 Å². The summed E-state index contributed by atoms with van der Waals surface area (Å²) < 4.78 is 16.7. The molecule has 0 fully saturated rings. The summed E-state index contributed by atoms with van der Waals surface area (Å²) in [6.07, 6.45) is 1.31. The molecule has 9 heteroatoms. The number of benzene rings is 2. The normalized spacial score (nSPS) is 10.6. The van der Waals surface area contributed by atoms with E-state index in [1.165, 1.54) is 20.4 Å². The van der Waals surface area contributed by atoms with Crippen molar-refractivity contribution in [3.63, 3.8) is 0 Å². The summed E-state index contributed by atoms with van der Waals surface area (Å²) in [5.41, 5.74) is 2.71. The molecule has 26 heavy (non-hydrogen) atoms. The lowest BCUT2D eigenvalue weighted by molar-refractivity contribution is -0.123. The number of nitrogens with one attached hydrogen (secondary N) is 1. The second kappa shape index (κ2) is 9.44. The van der Waals surface area contributed by atoms with E-state index in [9.17, 15) is 9.90 Å². The Morgan fingerprint density at radius 2 is 1.92 bits per heavy atom. The van der Waals surface area contributed by atoms with Gasteiger partial charge in [0, 0.05) is 5.56 Å². The van der Waals surface area contributed by atoms with E-state index in [1.807, 2.05) is 0 Å². The van der Waals surface area contributed by atoms with Crippen LogP contribution in [0.1, 0.15) is 5.56 Å². The molecule has 0 aliphatic carbocycles. The third-order valence-electron chi connectivity index (χ3n) is 3.20. The molecule has 7 nitrogen and oxygen atoms in total. The van der Waals surface area contributed by atoms with Crippen molar-refractivity contribution in [2.75, 3.05) is 20.8 Å². The first-order chi connectivity index (χ1) is 12.5. The van der Waals surface area contributed by atoms with Crippen LogP contribution in [-0.2, 0) is 4.79 Å². The van der Waals surface area contributed by atoms with Crippen LogP contribution in [0.25, 0.3) is 0 Å². The van der Waals surface area contributed by atoms with Gasteiger partial charge < -0.3 is 19.3 Å². The van der Waals surface area contributed by atoms with Crippen LogP contribution in [-0.4, -0.2) is 38.1 Å². The van der Waals surface area contributed by atoms with Crippen LogP contribution in [0.4, 0.5) is 0 Å². The zero-order valence-electron chi connectivity index (χ0n) is 14.0. The van der Waals surface area contributed by atoms with Gasteiger partial charge in [0.2, 0.25) is 0 Å². The van der Waals surface area contributed by atoms with E-state index in [0.29, 0.717) is 31.8 Å². The number of rotatable bonds is 7. The largest absolute Gasteiger partial charge is 0.506 e. The zero-order valence-corrected chi connectivity index (χ0v) is 17.1. The first kappa shape index (κ1) is 20.1. The summed E-state index contributed by atoms with van der Waals surface area (Å²) in [5, 5.41) is 13.9. The molecule has 2 aromatic rings. The zero-order chi connectivity index (χ0) is 19.1. The van der Waals surface area contributed by atoms with Gasteiger partial charge in [-0.3, -0.25) is 4.79 Å². The Balaban J connectivity index is 1.97. The molecule has 0 aromatic heterocycles. The van der Waals surface area contributed by atoms with Crippen molar-refractivity contribution < 1.29 is 24.1 Å². The Hall–Kier alpha value is -2.26. The number of ether oxygens (including phenoxy) is 3. The van der Waals surface area contributed by atoms with E-state index in [4.69, 9.17) is 14.2 Å². The van der Waals surface area contributed by atoms with Gasteiger partial charge in [-0.2, -0.15) is 5.10 Å². The van der Waals surface area contributed by atoms with E-state index in [1.54, 1.807) is 30.3 Å². The number of hydrogen-bond donors (Lipinski definition) is 2. The smallest absolute Gasteiger partial charge is 0.277 e. The molecular formula is C17H16Br2N2O5. The predicted octanol–water partition coefficient (Wildman–Crippen LogP) is 3.46. The molecule has 0 spiro atoms. The summed E-state index contributed by atoms with van der Waals surface area (Å²) in [7, 11) is 3.00. The Bertz CT molecular complexity index is 827. The van der Waals surface area contributed by atoms with Gasteiger partial charge >= 0.3 is 0 Å². The number of phenolic OH excluding ortho intramolecular Hbond substituents is 1. The van der Waals surface area contributed by atoms with E-state index < -0.39 is 5.91 Å². The molecule has 2 aromatic carbocycles. The molecule has 0 saturated heterocycles. The molecule has 1 amide bonds. The van der Waals surface area contributed by atoms with Crippen molar-refractivity contribution in [1.82, 2.24) is 5.43 Å². The van der Waals surface area contributed by atoms with Crippen molar-refractivity contribution in [3.8, 4) is 23.0 Å². The lowest BCUT2D eigenvalue weighted by atomic mass is 10.2. The number of carbonyl (C=O) groups is 1.